The number of anilines is 1. The topological polar surface area (TPSA) is 106 Å². The van der Waals surface area contributed by atoms with Crippen molar-refractivity contribution in [3.8, 4) is 5.75 Å². The van der Waals surface area contributed by atoms with Crippen molar-refractivity contribution in [3.05, 3.63) is 59.1 Å². The fraction of sp³-hybridized carbons (Fsp3) is 0.200. The number of para-hydroxylation sites is 1. The molecule has 0 spiro atoms. The zero-order valence-electron chi connectivity index (χ0n) is 15.7. The van der Waals surface area contributed by atoms with E-state index >= 15 is 0 Å². The summed E-state index contributed by atoms with van der Waals surface area (Å²) in [7, 11) is 0. The predicted molar refractivity (Wildman–Crippen MR) is 109 cm³/mol. The molecule has 0 unspecified atom stereocenters. The van der Waals surface area contributed by atoms with Crippen LogP contribution in [0.2, 0.25) is 5.02 Å². The predicted octanol–water partition coefficient (Wildman–Crippen LogP) is 2.76. The SMILES string of the molecule is CCOC(=O)COc1cccc(C=NNC(=O)CC(=O)Nc2ccccc2Cl)c1. The molecule has 0 atom stereocenters. The van der Waals surface area contributed by atoms with Crippen LogP contribution >= 0.6 is 11.6 Å². The molecule has 0 fully saturated rings. The van der Waals surface area contributed by atoms with Gasteiger partial charge in [-0.05, 0) is 36.8 Å². The fourth-order valence-corrected chi connectivity index (χ4v) is 2.33. The highest BCUT2D eigenvalue weighted by Gasteiger charge is 2.10. The number of carbonyl (C=O) groups is 3. The van der Waals surface area contributed by atoms with E-state index in [2.05, 4.69) is 15.8 Å². The van der Waals surface area contributed by atoms with E-state index in [1.165, 1.54) is 6.21 Å². The number of rotatable bonds is 9. The summed E-state index contributed by atoms with van der Waals surface area (Å²) >= 11 is 5.95. The Labute approximate surface area is 172 Å². The van der Waals surface area contributed by atoms with E-state index in [0.717, 1.165) is 0 Å². The normalized spacial score (nSPS) is 10.4. The molecule has 8 nitrogen and oxygen atoms in total. The molecular formula is C20H20ClN3O5. The largest absolute Gasteiger partial charge is 0.482 e. The number of amides is 2. The summed E-state index contributed by atoms with van der Waals surface area (Å²) in [5.74, 6) is -1.11. The van der Waals surface area contributed by atoms with E-state index in [1.54, 1.807) is 55.5 Å². The van der Waals surface area contributed by atoms with Gasteiger partial charge in [0.1, 0.15) is 12.2 Å². The van der Waals surface area contributed by atoms with Crippen molar-refractivity contribution in [1.29, 1.82) is 0 Å². The van der Waals surface area contributed by atoms with Crippen LogP contribution in [0.3, 0.4) is 0 Å². The summed E-state index contributed by atoms with van der Waals surface area (Å²) in [4.78, 5) is 35.0. The molecule has 0 aliphatic carbocycles. The molecule has 0 saturated heterocycles. The molecule has 2 aromatic rings. The highest BCUT2D eigenvalue weighted by atomic mass is 35.5. The first-order chi connectivity index (χ1) is 14.0. The van der Waals surface area contributed by atoms with Crippen molar-refractivity contribution in [2.45, 2.75) is 13.3 Å². The number of carbonyl (C=O) groups excluding carboxylic acids is 3. The van der Waals surface area contributed by atoms with Crippen LogP contribution in [0, 0.1) is 0 Å². The van der Waals surface area contributed by atoms with E-state index in [0.29, 0.717) is 22.0 Å². The number of nitrogens with one attached hydrogen (secondary N) is 2. The second-order valence-corrected chi connectivity index (χ2v) is 6.07. The Kier molecular flexibility index (Phi) is 8.65. The number of halogens is 1. The van der Waals surface area contributed by atoms with Gasteiger partial charge in [0.15, 0.2) is 6.61 Å². The first-order valence-electron chi connectivity index (χ1n) is 8.72. The van der Waals surface area contributed by atoms with Gasteiger partial charge in [-0.2, -0.15) is 5.10 Å². The molecule has 2 amide bonds. The third-order valence-corrected chi connectivity index (χ3v) is 3.72. The van der Waals surface area contributed by atoms with Gasteiger partial charge in [0.25, 0.3) is 0 Å². The smallest absolute Gasteiger partial charge is 0.344 e. The van der Waals surface area contributed by atoms with Crippen LogP contribution in [0.25, 0.3) is 0 Å². The number of nitrogens with zero attached hydrogens (tertiary/aromatic N) is 1. The summed E-state index contributed by atoms with van der Waals surface area (Å²) < 4.78 is 10.1. The average molecular weight is 418 g/mol. The Hall–Kier alpha value is -3.39. The van der Waals surface area contributed by atoms with Gasteiger partial charge < -0.3 is 14.8 Å². The van der Waals surface area contributed by atoms with E-state index in [1.807, 2.05) is 0 Å². The third kappa shape index (κ3) is 8.02. The van der Waals surface area contributed by atoms with Gasteiger partial charge in [-0.25, -0.2) is 10.2 Å². The van der Waals surface area contributed by atoms with Crippen molar-refractivity contribution in [2.75, 3.05) is 18.5 Å². The minimum atomic E-state index is -0.583. The lowest BCUT2D eigenvalue weighted by molar-refractivity contribution is -0.145. The Balaban J connectivity index is 1.80. The van der Waals surface area contributed by atoms with Crippen LogP contribution in [-0.2, 0) is 19.1 Å². The summed E-state index contributed by atoms with van der Waals surface area (Å²) in [6.07, 6.45) is 0.979. The molecule has 0 aliphatic rings. The van der Waals surface area contributed by atoms with Crippen molar-refractivity contribution in [1.82, 2.24) is 5.43 Å². The van der Waals surface area contributed by atoms with Gasteiger partial charge in [0, 0.05) is 0 Å². The van der Waals surface area contributed by atoms with E-state index in [4.69, 9.17) is 21.1 Å². The molecule has 0 heterocycles. The lowest BCUT2D eigenvalue weighted by Crippen LogP contribution is -2.24. The van der Waals surface area contributed by atoms with Crippen LogP contribution in [0.1, 0.15) is 18.9 Å². The third-order valence-electron chi connectivity index (χ3n) is 3.39. The van der Waals surface area contributed by atoms with Crippen molar-refractivity contribution < 1.29 is 23.9 Å². The maximum Gasteiger partial charge on any atom is 0.344 e. The monoisotopic (exact) mass is 417 g/mol. The van der Waals surface area contributed by atoms with Crippen LogP contribution in [0.5, 0.6) is 5.75 Å². The fourth-order valence-electron chi connectivity index (χ4n) is 2.15. The number of hydrogen-bond acceptors (Lipinski definition) is 6. The molecule has 9 heteroatoms. The summed E-state index contributed by atoms with van der Waals surface area (Å²) in [6, 6.07) is 13.5. The quantitative estimate of drug-likeness (QED) is 0.282. The zero-order chi connectivity index (χ0) is 21.1. The van der Waals surface area contributed by atoms with Crippen LogP contribution in [-0.4, -0.2) is 37.2 Å². The highest BCUT2D eigenvalue weighted by Crippen LogP contribution is 2.20. The minimum absolute atomic E-state index is 0.203. The number of ether oxygens (including phenoxy) is 2. The molecule has 152 valence electrons. The molecule has 2 aromatic carbocycles. The second-order valence-electron chi connectivity index (χ2n) is 5.66. The summed E-state index contributed by atoms with van der Waals surface area (Å²) in [5.41, 5.74) is 3.33. The van der Waals surface area contributed by atoms with Gasteiger partial charge in [-0.15, -0.1) is 0 Å². The van der Waals surface area contributed by atoms with Crippen LogP contribution < -0.4 is 15.5 Å². The molecule has 0 aliphatic heterocycles. The maximum absolute atomic E-state index is 11.9. The summed E-state index contributed by atoms with van der Waals surface area (Å²) in [6.45, 7) is 1.79. The molecular weight excluding hydrogens is 398 g/mol. The van der Waals surface area contributed by atoms with Gasteiger partial charge in [-0.3, -0.25) is 9.59 Å². The van der Waals surface area contributed by atoms with Gasteiger partial charge >= 0.3 is 5.97 Å². The van der Waals surface area contributed by atoms with Gasteiger partial charge in [-0.1, -0.05) is 35.9 Å². The second kappa shape index (κ2) is 11.5. The molecule has 2 rings (SSSR count). The van der Waals surface area contributed by atoms with Crippen molar-refractivity contribution in [2.24, 2.45) is 5.10 Å². The lowest BCUT2D eigenvalue weighted by atomic mass is 10.2. The Bertz CT molecular complexity index is 901. The first-order valence-corrected chi connectivity index (χ1v) is 9.10. The van der Waals surface area contributed by atoms with Crippen LogP contribution in [0.15, 0.2) is 53.6 Å². The van der Waals surface area contributed by atoms with Gasteiger partial charge in [0.2, 0.25) is 11.8 Å². The minimum Gasteiger partial charge on any atom is -0.482 e. The van der Waals surface area contributed by atoms with Crippen LogP contribution in [0.4, 0.5) is 5.69 Å². The van der Waals surface area contributed by atoms with Crippen molar-refractivity contribution in [3.63, 3.8) is 0 Å². The number of hydrazone groups is 1. The molecule has 0 saturated carbocycles. The highest BCUT2D eigenvalue weighted by molar-refractivity contribution is 6.33. The lowest BCUT2D eigenvalue weighted by Gasteiger charge is -2.06. The Morgan fingerprint density at radius 3 is 2.66 bits per heavy atom. The number of benzene rings is 2. The number of esters is 1. The Morgan fingerprint density at radius 2 is 1.90 bits per heavy atom. The molecule has 0 bridgehead atoms. The average Bonchev–Trinajstić information content (AvgIpc) is 2.69. The first kappa shape index (κ1) is 21.9. The van der Waals surface area contributed by atoms with E-state index in [-0.39, 0.29) is 13.2 Å². The standard InChI is InChI=1S/C20H20ClN3O5/c1-2-28-20(27)13-29-15-7-5-6-14(10-15)12-22-24-19(26)11-18(25)23-17-9-4-3-8-16(17)21/h3-10,12H,2,11,13H2,1H3,(H,23,25)(H,24,26). The molecule has 2 N–H and O–H groups in total. The molecule has 29 heavy (non-hydrogen) atoms. The number of hydrogen-bond donors (Lipinski definition) is 2. The molecule has 0 radical (unpaired) electrons. The van der Waals surface area contributed by atoms with Crippen molar-refractivity contribution >= 4 is 41.3 Å². The maximum atomic E-state index is 11.9. The van der Waals surface area contributed by atoms with Gasteiger partial charge in [0.05, 0.1) is 23.5 Å². The van der Waals surface area contributed by atoms with E-state index < -0.39 is 24.2 Å². The molecule has 0 aromatic heterocycles. The zero-order valence-corrected chi connectivity index (χ0v) is 16.4. The summed E-state index contributed by atoms with van der Waals surface area (Å²) in [5, 5.41) is 6.74. The van der Waals surface area contributed by atoms with E-state index in [9.17, 15) is 14.4 Å². The Morgan fingerprint density at radius 1 is 1.10 bits per heavy atom.